The molecule has 15 rings (SSSR count). The summed E-state index contributed by atoms with van der Waals surface area (Å²) in [6.45, 7) is 1.01. The molecule has 0 radical (unpaired) electrons. The minimum Gasteiger partial charge on any atom is -0.356 e. The van der Waals surface area contributed by atoms with Crippen LogP contribution in [-0.2, 0) is 38.2 Å². The predicted molar refractivity (Wildman–Crippen MR) is 356 cm³/mol. The fourth-order valence-electron chi connectivity index (χ4n) is 13.0. The average Bonchev–Trinajstić information content (AvgIpc) is 1.61. The van der Waals surface area contributed by atoms with Crippen LogP contribution in [0.2, 0.25) is 1.41 Å². The van der Waals surface area contributed by atoms with Crippen molar-refractivity contribution < 1.29 is 40.9 Å². The smallest absolute Gasteiger partial charge is 0.356 e. The molecule has 15 heteroatoms. The van der Waals surface area contributed by atoms with Crippen LogP contribution in [0.4, 0.5) is 85.0 Å². The fraction of sp³-hybridized carbons (Fsp3) is 0.0769. The van der Waals surface area contributed by atoms with E-state index in [1.807, 2.05) is 152 Å². The molecule has 0 spiro atoms. The molecule has 0 atom stereocenters. The van der Waals surface area contributed by atoms with Gasteiger partial charge in [-0.3, -0.25) is 0 Å². The summed E-state index contributed by atoms with van der Waals surface area (Å²) < 4.78 is 138. The number of nitrogens with zero attached hydrogens (tertiary/aromatic N) is 5. The van der Waals surface area contributed by atoms with Crippen molar-refractivity contribution in [2.45, 2.75) is 38.2 Å². The lowest BCUT2D eigenvalue weighted by atomic mass is 10.1. The first kappa shape index (κ1) is 57.0. The maximum atomic E-state index is 13.7. The van der Waals surface area contributed by atoms with Gasteiger partial charge in [-0.25, -0.2) is 0 Å². The van der Waals surface area contributed by atoms with Crippen molar-refractivity contribution >= 4 is 111 Å². The van der Waals surface area contributed by atoms with E-state index >= 15 is 0 Å². The van der Waals surface area contributed by atoms with Crippen LogP contribution in [-0.4, -0.2) is 13.7 Å². The third-order valence-corrected chi connectivity index (χ3v) is 17.4. The molecule has 0 bridgehead atoms. The molecule has 0 saturated heterocycles. The molecular weight excluding hydrogens is 1190 g/mol. The maximum Gasteiger partial charge on any atom is 0.416 e. The van der Waals surface area contributed by atoms with Crippen molar-refractivity contribution in [2.75, 3.05) is 15.1 Å². The number of halogens is 9. The Bertz CT molecular complexity index is 5310. The Morgan fingerprint density at radius 1 is 0.269 bits per heavy atom. The number of benzene rings is 12. The van der Waals surface area contributed by atoms with E-state index in [-0.39, 0.29) is 0 Å². The second kappa shape index (κ2) is 22.9. The monoisotopic (exact) mass is 1250 g/mol. The second-order valence-electron chi connectivity index (χ2n) is 23.1. The Balaban J connectivity index is 0.805. The molecule has 0 aliphatic carbocycles. The summed E-state index contributed by atoms with van der Waals surface area (Å²) >= 11 is 0. The first-order chi connectivity index (χ1) is 45.4. The normalized spacial score (nSPS) is 12.4. The predicted octanol–water partition coefficient (Wildman–Crippen LogP) is 22.9. The molecule has 93 heavy (non-hydrogen) atoms. The van der Waals surface area contributed by atoms with E-state index in [9.17, 15) is 40.9 Å². The van der Waals surface area contributed by atoms with Gasteiger partial charge >= 0.3 is 18.5 Å². The molecule has 0 aliphatic heterocycles. The molecule has 0 amide bonds. The second-order valence-corrected chi connectivity index (χ2v) is 23.1. The zero-order chi connectivity index (χ0) is 64.6. The largest absolute Gasteiger partial charge is 0.416 e. The van der Waals surface area contributed by atoms with Crippen LogP contribution in [0.15, 0.2) is 279 Å². The van der Waals surface area contributed by atoms with Crippen LogP contribution in [0, 0.1) is 0 Å². The Morgan fingerprint density at radius 3 is 0.914 bits per heavy atom. The molecule has 1 N–H and O–H groups in total. The Hall–Kier alpha value is -11.2. The minimum atomic E-state index is -4.46. The van der Waals surface area contributed by atoms with Gasteiger partial charge in [-0.15, -0.1) is 0 Å². The number of para-hydroxylation sites is 4. The first-order valence-electron chi connectivity index (χ1n) is 30.5. The Morgan fingerprint density at radius 2 is 0.548 bits per heavy atom. The molecule has 15 aromatic rings. The van der Waals surface area contributed by atoms with E-state index < -0.39 is 35.2 Å². The maximum absolute atomic E-state index is 13.7. The lowest BCUT2D eigenvalue weighted by molar-refractivity contribution is -0.138. The van der Waals surface area contributed by atoms with Crippen LogP contribution in [0.25, 0.3) is 65.4 Å². The molecule has 12 aromatic carbocycles. The quantitative estimate of drug-likeness (QED) is 0.110. The highest BCUT2D eigenvalue weighted by molar-refractivity contribution is 6.12. The number of anilines is 8. The van der Waals surface area contributed by atoms with Crippen LogP contribution >= 0.6 is 0 Å². The van der Waals surface area contributed by atoms with E-state index in [1.165, 1.54) is 41.7 Å². The van der Waals surface area contributed by atoms with E-state index in [0.717, 1.165) is 142 Å². The number of rotatable bonds is 14. The summed E-state index contributed by atoms with van der Waals surface area (Å²) in [5, 5.41) is 7.04. The van der Waals surface area contributed by atoms with Crippen LogP contribution in [0.3, 0.4) is 0 Å². The zero-order valence-electron chi connectivity index (χ0n) is 50.3. The summed E-state index contributed by atoms with van der Waals surface area (Å²) in [5.74, 6) is 0. The third-order valence-electron chi connectivity index (χ3n) is 17.4. The van der Waals surface area contributed by atoms with Crippen molar-refractivity contribution in [1.29, 1.82) is 0 Å². The number of fused-ring (bicyclic) bond motifs is 9. The van der Waals surface area contributed by atoms with E-state index in [4.69, 9.17) is 0 Å². The molecule has 6 nitrogen and oxygen atoms in total. The van der Waals surface area contributed by atoms with Crippen LogP contribution in [0.1, 0.15) is 33.4 Å². The van der Waals surface area contributed by atoms with Crippen LogP contribution in [0.5, 0.6) is 0 Å². The first-order valence-corrected chi connectivity index (χ1v) is 30.1. The summed E-state index contributed by atoms with van der Waals surface area (Å²) in [6, 6.07) is 83.8. The van der Waals surface area contributed by atoms with Gasteiger partial charge in [-0.05, 0) is 187 Å². The number of nitrogens with one attached hydrogen (secondary N) is 1. The zero-order valence-corrected chi connectivity index (χ0v) is 49.3. The molecule has 3 aromatic heterocycles. The average molecular weight is 1250 g/mol. The van der Waals surface area contributed by atoms with E-state index in [1.54, 1.807) is 0 Å². The topological polar surface area (TPSA) is 33.3 Å². The van der Waals surface area contributed by atoms with Gasteiger partial charge in [0, 0.05) is 131 Å². The van der Waals surface area contributed by atoms with Gasteiger partial charge in [-0.2, -0.15) is 39.5 Å². The van der Waals surface area contributed by atoms with Gasteiger partial charge in [0.2, 0.25) is 0 Å². The van der Waals surface area contributed by atoms with Gasteiger partial charge < -0.3 is 28.8 Å². The number of alkyl halides is 9. The van der Waals surface area contributed by atoms with Crippen molar-refractivity contribution in [3.63, 3.8) is 0 Å². The van der Waals surface area contributed by atoms with Gasteiger partial charge in [0.25, 0.3) is 0 Å². The Kier molecular flexibility index (Phi) is 14.1. The standard InChI is InChI=1S/C78H53F9N6/c79-76(80,81)53-24-18-50(19-25-53)47-89-70-15-7-4-12-64(70)67-44-57(32-41-73(67)89)88-56-30-33-59(34-31-56)93(63-40-43-75-69(46-63)66-14-6-9-17-72(66)91(75)49-52-22-28-55(29-23-52)78(85,86)87)61-37-35-60(36-38-61)92(58-10-2-1-3-11-58)62-39-42-74-68(45-62)65-13-5-8-16-71(65)90(74)48-51-20-26-54(27-21-51)77(82,83)84/h1-46,88H,47-49H2/i/hD. The molecule has 3 heterocycles. The molecule has 0 fully saturated rings. The van der Waals surface area contributed by atoms with Gasteiger partial charge in [-0.1, -0.05) is 109 Å². The number of hydrogen-bond acceptors (Lipinski definition) is 3. The number of aromatic nitrogens is 3. The van der Waals surface area contributed by atoms with Crippen molar-refractivity contribution in [3.8, 4) is 0 Å². The van der Waals surface area contributed by atoms with Crippen molar-refractivity contribution in [1.82, 2.24) is 13.7 Å². The fourth-order valence-corrected chi connectivity index (χ4v) is 13.0. The lowest BCUT2D eigenvalue weighted by Gasteiger charge is -2.28. The molecule has 0 aliphatic rings. The van der Waals surface area contributed by atoms with Gasteiger partial charge in [0.1, 0.15) is 0 Å². The minimum absolute atomic E-state index is 0.325. The van der Waals surface area contributed by atoms with E-state index in [0.29, 0.717) is 42.1 Å². The van der Waals surface area contributed by atoms with Gasteiger partial charge in [0.15, 0.2) is 1.41 Å². The molecule has 458 valence electrons. The van der Waals surface area contributed by atoms with Crippen molar-refractivity contribution in [2.24, 2.45) is 0 Å². The van der Waals surface area contributed by atoms with E-state index in [2.05, 4.69) is 78.1 Å². The van der Waals surface area contributed by atoms with Crippen LogP contribution < -0.4 is 15.1 Å². The third kappa shape index (κ3) is 11.1. The summed E-state index contributed by atoms with van der Waals surface area (Å²) in [5.41, 5.74) is 11.6. The SMILES string of the molecule is [2H]N(c1ccc(N(c2ccc(N(c3ccccc3)c3ccc4c(c3)c3ccccc3n4Cc3ccc(C(F)(F)F)cc3)cc2)c2ccc3c(c2)c2ccccc2n3Cc2ccc(C(F)(F)F)cc2)cc1)c1ccc2c(c1)c1ccccc1n2Cc1ccc(C(F)(F)F)cc1. The van der Waals surface area contributed by atoms with Gasteiger partial charge in [0.05, 0.1) is 16.7 Å². The highest BCUT2D eigenvalue weighted by atomic mass is 19.4. The Labute approximate surface area is 528 Å². The molecule has 0 saturated carbocycles. The summed E-state index contributed by atoms with van der Waals surface area (Å²) in [7, 11) is 0. The highest BCUT2D eigenvalue weighted by Crippen LogP contribution is 2.45. The van der Waals surface area contributed by atoms with Crippen molar-refractivity contribution in [3.05, 3.63) is 312 Å². The highest BCUT2D eigenvalue weighted by Gasteiger charge is 2.32. The summed E-state index contributed by atoms with van der Waals surface area (Å²) in [4.78, 5) is 4.32. The summed E-state index contributed by atoms with van der Waals surface area (Å²) in [6.07, 6.45) is -13.4. The molecular formula is C78H53F9N6. The lowest BCUT2D eigenvalue weighted by Crippen LogP contribution is -2.12. The number of hydrogen-bond donors (Lipinski definition) is 1. The molecule has 0 unspecified atom stereocenters.